The predicted molar refractivity (Wildman–Crippen MR) is 54.2 cm³/mol. The second kappa shape index (κ2) is 3.95. The average Bonchev–Trinajstić information content (AvgIpc) is 2.13. The summed E-state index contributed by atoms with van der Waals surface area (Å²) in [6.45, 7) is 8.18. The molecule has 0 bridgehead atoms. The minimum absolute atomic E-state index is 0.0453. The highest BCUT2D eigenvalue weighted by Crippen LogP contribution is 2.30. The lowest BCUT2D eigenvalue weighted by Gasteiger charge is -2.28. The van der Waals surface area contributed by atoms with Gasteiger partial charge in [0.15, 0.2) is 0 Å². The van der Waals surface area contributed by atoms with Crippen molar-refractivity contribution in [3.05, 3.63) is 0 Å². The zero-order chi connectivity index (χ0) is 10.1. The minimum atomic E-state index is -0.184. The number of hydrogen-bond donors (Lipinski definition) is 2. The first-order valence-electron chi connectivity index (χ1n) is 5.11. The van der Waals surface area contributed by atoms with Crippen LogP contribution in [0.5, 0.6) is 0 Å². The standard InChI is InChI=1S/C10H22N2O/c1-8(11)12-6-4-9(13)10(2,3)5-7-12/h8-9,13H,4-7,11H2,1-3H3/t8?,9-/m0/s1. The van der Waals surface area contributed by atoms with Crippen molar-refractivity contribution in [3.63, 3.8) is 0 Å². The van der Waals surface area contributed by atoms with E-state index in [0.717, 1.165) is 25.9 Å². The van der Waals surface area contributed by atoms with Crippen LogP contribution in [0.15, 0.2) is 0 Å². The molecule has 3 nitrogen and oxygen atoms in total. The summed E-state index contributed by atoms with van der Waals surface area (Å²) in [4.78, 5) is 2.23. The number of rotatable bonds is 1. The van der Waals surface area contributed by atoms with Crippen molar-refractivity contribution in [2.24, 2.45) is 11.1 Å². The summed E-state index contributed by atoms with van der Waals surface area (Å²) in [7, 11) is 0. The summed E-state index contributed by atoms with van der Waals surface area (Å²) in [6, 6.07) is 0. The number of nitrogens with zero attached hydrogens (tertiary/aromatic N) is 1. The fourth-order valence-electron chi connectivity index (χ4n) is 1.80. The Kier molecular flexibility index (Phi) is 3.33. The lowest BCUT2D eigenvalue weighted by molar-refractivity contribution is 0.0482. The van der Waals surface area contributed by atoms with Crippen molar-refractivity contribution in [3.8, 4) is 0 Å². The van der Waals surface area contributed by atoms with Crippen LogP contribution in [0.2, 0.25) is 0 Å². The van der Waals surface area contributed by atoms with Gasteiger partial charge in [0.1, 0.15) is 0 Å². The Balaban J connectivity index is 2.57. The van der Waals surface area contributed by atoms with Crippen LogP contribution < -0.4 is 5.73 Å². The van der Waals surface area contributed by atoms with E-state index in [1.807, 2.05) is 6.92 Å². The van der Waals surface area contributed by atoms with Crippen molar-refractivity contribution in [1.29, 1.82) is 0 Å². The van der Waals surface area contributed by atoms with E-state index < -0.39 is 0 Å². The van der Waals surface area contributed by atoms with Gasteiger partial charge in [-0.3, -0.25) is 4.90 Å². The second-order valence-corrected chi connectivity index (χ2v) is 4.82. The van der Waals surface area contributed by atoms with E-state index in [0.29, 0.717) is 0 Å². The fourth-order valence-corrected chi connectivity index (χ4v) is 1.80. The van der Waals surface area contributed by atoms with E-state index in [1.165, 1.54) is 0 Å². The third-order valence-corrected chi connectivity index (χ3v) is 3.21. The summed E-state index contributed by atoms with van der Waals surface area (Å²) in [5.74, 6) is 0. The van der Waals surface area contributed by atoms with Gasteiger partial charge in [-0.25, -0.2) is 0 Å². The number of aliphatic hydroxyl groups is 1. The van der Waals surface area contributed by atoms with E-state index in [9.17, 15) is 5.11 Å². The van der Waals surface area contributed by atoms with E-state index in [-0.39, 0.29) is 17.7 Å². The number of nitrogens with two attached hydrogens (primary N) is 1. The van der Waals surface area contributed by atoms with Crippen LogP contribution in [0.3, 0.4) is 0 Å². The van der Waals surface area contributed by atoms with E-state index in [1.54, 1.807) is 0 Å². The maximum atomic E-state index is 9.85. The minimum Gasteiger partial charge on any atom is -0.393 e. The zero-order valence-corrected chi connectivity index (χ0v) is 8.95. The molecule has 3 heteroatoms. The van der Waals surface area contributed by atoms with Crippen molar-refractivity contribution >= 4 is 0 Å². The molecule has 0 aromatic heterocycles. The topological polar surface area (TPSA) is 49.5 Å². The molecule has 1 rings (SSSR count). The van der Waals surface area contributed by atoms with Gasteiger partial charge in [0.2, 0.25) is 0 Å². The van der Waals surface area contributed by atoms with Crippen molar-refractivity contribution < 1.29 is 5.11 Å². The monoisotopic (exact) mass is 186 g/mol. The lowest BCUT2D eigenvalue weighted by Crippen LogP contribution is -2.40. The van der Waals surface area contributed by atoms with E-state index in [2.05, 4.69) is 18.7 Å². The molecule has 1 aliphatic rings. The van der Waals surface area contributed by atoms with Gasteiger partial charge >= 0.3 is 0 Å². The van der Waals surface area contributed by atoms with Crippen LogP contribution in [0.25, 0.3) is 0 Å². The molecule has 0 aromatic rings. The van der Waals surface area contributed by atoms with Gasteiger partial charge in [-0.2, -0.15) is 0 Å². The Hall–Kier alpha value is -0.120. The largest absolute Gasteiger partial charge is 0.393 e. The third kappa shape index (κ3) is 2.66. The normalized spacial score (nSPS) is 32.5. The summed E-state index contributed by atoms with van der Waals surface area (Å²) in [5.41, 5.74) is 5.86. The lowest BCUT2D eigenvalue weighted by atomic mass is 9.83. The maximum Gasteiger partial charge on any atom is 0.0603 e. The van der Waals surface area contributed by atoms with Crippen LogP contribution in [0, 0.1) is 5.41 Å². The van der Waals surface area contributed by atoms with Crippen LogP contribution in [-0.2, 0) is 0 Å². The summed E-state index contributed by atoms with van der Waals surface area (Å²) in [5, 5.41) is 9.85. The van der Waals surface area contributed by atoms with E-state index in [4.69, 9.17) is 5.73 Å². The molecule has 1 saturated heterocycles. The second-order valence-electron chi connectivity index (χ2n) is 4.82. The van der Waals surface area contributed by atoms with Gasteiger partial charge in [0, 0.05) is 13.1 Å². The molecule has 0 radical (unpaired) electrons. The SMILES string of the molecule is CC(N)N1CC[C@H](O)C(C)(C)CC1. The van der Waals surface area contributed by atoms with Crippen LogP contribution in [0.4, 0.5) is 0 Å². The van der Waals surface area contributed by atoms with Gasteiger partial charge in [0.25, 0.3) is 0 Å². The Morgan fingerprint density at radius 1 is 1.46 bits per heavy atom. The Morgan fingerprint density at radius 3 is 2.62 bits per heavy atom. The Bertz CT molecular complexity index is 168. The van der Waals surface area contributed by atoms with Gasteiger partial charge in [-0.15, -0.1) is 0 Å². The Morgan fingerprint density at radius 2 is 2.08 bits per heavy atom. The predicted octanol–water partition coefficient (Wildman–Crippen LogP) is 0.774. The van der Waals surface area contributed by atoms with Crippen molar-refractivity contribution in [1.82, 2.24) is 4.90 Å². The first kappa shape index (κ1) is 11.0. The van der Waals surface area contributed by atoms with Crippen LogP contribution in [-0.4, -0.2) is 35.4 Å². The molecular formula is C10H22N2O. The van der Waals surface area contributed by atoms with Gasteiger partial charge < -0.3 is 10.8 Å². The smallest absolute Gasteiger partial charge is 0.0603 e. The average molecular weight is 186 g/mol. The summed E-state index contributed by atoms with van der Waals surface area (Å²) < 4.78 is 0. The quantitative estimate of drug-likeness (QED) is 0.636. The molecule has 1 fully saturated rings. The molecule has 0 aromatic carbocycles. The molecule has 2 atom stereocenters. The summed E-state index contributed by atoms with van der Waals surface area (Å²) in [6.07, 6.45) is 1.79. The molecule has 0 amide bonds. The fraction of sp³-hybridized carbons (Fsp3) is 1.00. The highest BCUT2D eigenvalue weighted by atomic mass is 16.3. The number of likely N-dealkylation sites (tertiary alicyclic amines) is 1. The zero-order valence-electron chi connectivity index (χ0n) is 8.95. The molecule has 1 unspecified atom stereocenters. The molecule has 1 aliphatic heterocycles. The van der Waals surface area contributed by atoms with Crippen LogP contribution >= 0.6 is 0 Å². The molecule has 1 heterocycles. The highest BCUT2D eigenvalue weighted by molar-refractivity contribution is 4.84. The maximum absolute atomic E-state index is 9.85. The first-order chi connectivity index (χ1) is 5.93. The van der Waals surface area contributed by atoms with Gasteiger partial charge in [0.05, 0.1) is 12.3 Å². The summed E-state index contributed by atoms with van der Waals surface area (Å²) >= 11 is 0. The van der Waals surface area contributed by atoms with Gasteiger partial charge in [-0.05, 0) is 25.2 Å². The van der Waals surface area contributed by atoms with Crippen molar-refractivity contribution in [2.45, 2.75) is 45.9 Å². The molecule has 0 spiro atoms. The molecule has 0 aliphatic carbocycles. The number of aliphatic hydroxyl groups excluding tert-OH is 1. The third-order valence-electron chi connectivity index (χ3n) is 3.21. The Labute approximate surface area is 80.9 Å². The molecular weight excluding hydrogens is 164 g/mol. The first-order valence-corrected chi connectivity index (χ1v) is 5.11. The molecule has 3 N–H and O–H groups in total. The molecule has 78 valence electrons. The highest BCUT2D eigenvalue weighted by Gasteiger charge is 2.31. The molecule has 0 saturated carbocycles. The number of hydrogen-bond acceptors (Lipinski definition) is 3. The van der Waals surface area contributed by atoms with Gasteiger partial charge in [-0.1, -0.05) is 13.8 Å². The van der Waals surface area contributed by atoms with E-state index >= 15 is 0 Å². The molecule has 13 heavy (non-hydrogen) atoms. The van der Waals surface area contributed by atoms with Crippen LogP contribution in [0.1, 0.15) is 33.6 Å². The van der Waals surface area contributed by atoms with Crippen molar-refractivity contribution in [2.75, 3.05) is 13.1 Å².